The molecule has 0 radical (unpaired) electrons. The Hall–Kier alpha value is -2.68. The van der Waals surface area contributed by atoms with Crippen LogP contribution in [0.5, 0.6) is 5.88 Å². The number of nitrogens with zero attached hydrogens (tertiary/aromatic N) is 1. The summed E-state index contributed by atoms with van der Waals surface area (Å²) in [6.45, 7) is -1.87. The van der Waals surface area contributed by atoms with Crippen molar-refractivity contribution in [1.82, 2.24) is 4.98 Å². The Kier molecular flexibility index (Phi) is 5.05. The number of fused-ring (bicyclic) bond motifs is 1. The standard InChI is InChI=1S/C18H15F4NO4/c1-18(8-26-17(21)22)5-4-11-12(10-3-2-9(19)6-13(10)20)7-14(16(24)25)23-15(11)27-18/h2-3,6-7,17H,4-5,8H2,1H3,(H,24,25)/t18-/m1/s1. The van der Waals surface area contributed by atoms with E-state index in [0.717, 1.165) is 6.07 Å². The molecule has 0 spiro atoms. The quantitative estimate of drug-likeness (QED) is 0.787. The number of pyridine rings is 1. The molecule has 5 nitrogen and oxygen atoms in total. The van der Waals surface area contributed by atoms with Crippen molar-refractivity contribution in [1.29, 1.82) is 0 Å². The maximum Gasteiger partial charge on any atom is 0.354 e. The fraction of sp³-hybridized carbons (Fsp3) is 0.333. The third kappa shape index (κ3) is 4.02. The van der Waals surface area contributed by atoms with Crippen molar-refractivity contribution in [2.24, 2.45) is 0 Å². The third-order valence-electron chi connectivity index (χ3n) is 4.29. The average Bonchev–Trinajstić information content (AvgIpc) is 2.59. The van der Waals surface area contributed by atoms with Crippen LogP contribution < -0.4 is 4.74 Å². The van der Waals surface area contributed by atoms with Gasteiger partial charge in [0, 0.05) is 17.2 Å². The predicted molar refractivity (Wildman–Crippen MR) is 85.9 cm³/mol. The molecule has 9 heteroatoms. The fourth-order valence-electron chi connectivity index (χ4n) is 2.95. The lowest BCUT2D eigenvalue weighted by atomic mass is 9.89. The highest BCUT2D eigenvalue weighted by Crippen LogP contribution is 2.39. The zero-order chi connectivity index (χ0) is 19.8. The van der Waals surface area contributed by atoms with E-state index in [-0.39, 0.29) is 29.8 Å². The molecule has 0 saturated carbocycles. The van der Waals surface area contributed by atoms with Gasteiger partial charge in [0.1, 0.15) is 17.2 Å². The van der Waals surface area contributed by atoms with Crippen molar-refractivity contribution in [2.75, 3.05) is 6.61 Å². The van der Waals surface area contributed by atoms with Gasteiger partial charge in [-0.3, -0.25) is 0 Å². The van der Waals surface area contributed by atoms with Gasteiger partial charge < -0.3 is 14.6 Å². The number of halogens is 4. The van der Waals surface area contributed by atoms with Gasteiger partial charge in [-0.15, -0.1) is 0 Å². The number of carbonyl (C=O) groups is 1. The maximum atomic E-state index is 14.2. The molecule has 27 heavy (non-hydrogen) atoms. The molecule has 2 heterocycles. The summed E-state index contributed by atoms with van der Waals surface area (Å²) in [4.78, 5) is 15.3. The van der Waals surface area contributed by atoms with Crippen molar-refractivity contribution in [3.05, 3.63) is 47.2 Å². The first-order valence-corrected chi connectivity index (χ1v) is 8.00. The molecule has 0 unspecified atom stereocenters. The summed E-state index contributed by atoms with van der Waals surface area (Å²) < 4.78 is 62.1. The van der Waals surface area contributed by atoms with E-state index in [1.807, 2.05) is 0 Å². The van der Waals surface area contributed by atoms with E-state index in [9.17, 15) is 27.5 Å². The number of rotatable bonds is 5. The van der Waals surface area contributed by atoms with Gasteiger partial charge in [-0.1, -0.05) is 0 Å². The SMILES string of the molecule is C[C@]1(COC(F)F)CCc2c(-c3ccc(F)cc3F)cc(C(=O)O)nc2O1. The van der Waals surface area contributed by atoms with Crippen LogP contribution >= 0.6 is 0 Å². The summed E-state index contributed by atoms with van der Waals surface area (Å²) in [5.74, 6) is -3.11. The lowest BCUT2D eigenvalue weighted by Crippen LogP contribution is -2.42. The van der Waals surface area contributed by atoms with Crippen LogP contribution in [0.15, 0.2) is 24.3 Å². The largest absolute Gasteiger partial charge is 0.477 e. The maximum absolute atomic E-state index is 14.2. The van der Waals surface area contributed by atoms with Gasteiger partial charge in [0.25, 0.3) is 0 Å². The molecular formula is C18H15F4NO4. The van der Waals surface area contributed by atoms with E-state index < -0.39 is 42.1 Å². The average molecular weight is 385 g/mol. The van der Waals surface area contributed by atoms with E-state index in [0.29, 0.717) is 11.6 Å². The van der Waals surface area contributed by atoms with Crippen molar-refractivity contribution < 1.29 is 36.9 Å². The molecule has 0 fully saturated rings. The van der Waals surface area contributed by atoms with Gasteiger partial charge in [-0.25, -0.2) is 18.6 Å². The number of carboxylic acid groups (broad SMARTS) is 1. The lowest BCUT2D eigenvalue weighted by molar-refractivity contribution is -0.164. The van der Waals surface area contributed by atoms with Crippen LogP contribution in [0.2, 0.25) is 0 Å². The van der Waals surface area contributed by atoms with Crippen molar-refractivity contribution in [2.45, 2.75) is 32.0 Å². The van der Waals surface area contributed by atoms with Crippen LogP contribution in [-0.4, -0.2) is 34.9 Å². The minimum Gasteiger partial charge on any atom is -0.477 e. The number of hydrogen-bond donors (Lipinski definition) is 1. The predicted octanol–water partition coefficient (Wildman–Crippen LogP) is 4.05. The normalized spacial score (nSPS) is 18.9. The van der Waals surface area contributed by atoms with Crippen LogP contribution in [0.3, 0.4) is 0 Å². The minimum atomic E-state index is -2.98. The van der Waals surface area contributed by atoms with Gasteiger partial charge in [0.05, 0.1) is 6.61 Å². The van der Waals surface area contributed by atoms with Crippen LogP contribution in [0.4, 0.5) is 17.6 Å². The monoisotopic (exact) mass is 385 g/mol. The topological polar surface area (TPSA) is 68.7 Å². The Morgan fingerprint density at radius 3 is 2.70 bits per heavy atom. The summed E-state index contributed by atoms with van der Waals surface area (Å²) in [6, 6.07) is 4.11. The number of ether oxygens (including phenoxy) is 2. The molecule has 144 valence electrons. The Morgan fingerprint density at radius 1 is 1.33 bits per heavy atom. The van der Waals surface area contributed by atoms with Crippen molar-refractivity contribution in [3.8, 4) is 17.0 Å². The highest BCUT2D eigenvalue weighted by Gasteiger charge is 2.36. The Bertz CT molecular complexity index is 890. The molecule has 1 N–H and O–H groups in total. The smallest absolute Gasteiger partial charge is 0.354 e. The zero-order valence-corrected chi connectivity index (χ0v) is 14.1. The zero-order valence-electron chi connectivity index (χ0n) is 14.1. The Labute approximate surface area is 151 Å². The second kappa shape index (κ2) is 7.15. The number of benzene rings is 1. The van der Waals surface area contributed by atoms with E-state index in [1.54, 1.807) is 0 Å². The van der Waals surface area contributed by atoms with Gasteiger partial charge in [0.2, 0.25) is 5.88 Å². The number of aromatic carboxylic acids is 1. The minimum absolute atomic E-state index is 0.00594. The Morgan fingerprint density at radius 2 is 2.07 bits per heavy atom. The van der Waals surface area contributed by atoms with Crippen LogP contribution in [0, 0.1) is 11.6 Å². The molecular weight excluding hydrogens is 370 g/mol. The molecule has 1 atom stereocenters. The van der Waals surface area contributed by atoms with Gasteiger partial charge in [-0.2, -0.15) is 8.78 Å². The number of hydrogen-bond acceptors (Lipinski definition) is 4. The molecule has 3 rings (SSSR count). The van der Waals surface area contributed by atoms with E-state index >= 15 is 0 Å². The summed E-state index contributed by atoms with van der Waals surface area (Å²) in [5, 5.41) is 9.28. The molecule has 0 amide bonds. The van der Waals surface area contributed by atoms with Crippen molar-refractivity contribution >= 4 is 5.97 Å². The number of alkyl halides is 2. The van der Waals surface area contributed by atoms with E-state index in [4.69, 9.17) is 4.74 Å². The molecule has 0 saturated heterocycles. The van der Waals surface area contributed by atoms with Crippen LogP contribution in [0.1, 0.15) is 29.4 Å². The summed E-state index contributed by atoms with van der Waals surface area (Å²) in [7, 11) is 0. The molecule has 2 aromatic rings. The molecule has 0 aliphatic carbocycles. The molecule has 1 aliphatic rings. The second-order valence-electron chi connectivity index (χ2n) is 6.39. The molecule has 0 bridgehead atoms. The highest BCUT2D eigenvalue weighted by atomic mass is 19.3. The summed E-state index contributed by atoms with van der Waals surface area (Å²) >= 11 is 0. The second-order valence-corrected chi connectivity index (χ2v) is 6.39. The van der Waals surface area contributed by atoms with E-state index in [1.165, 1.54) is 19.1 Å². The highest BCUT2D eigenvalue weighted by molar-refractivity contribution is 5.88. The molecule has 1 aliphatic heterocycles. The number of carboxylic acids is 1. The first-order chi connectivity index (χ1) is 12.7. The van der Waals surface area contributed by atoms with Gasteiger partial charge in [-0.05, 0) is 43.5 Å². The number of aromatic nitrogens is 1. The summed E-state index contributed by atoms with van der Waals surface area (Å²) in [5.41, 5.74) is -0.946. The lowest BCUT2D eigenvalue weighted by Gasteiger charge is -2.35. The van der Waals surface area contributed by atoms with Crippen LogP contribution in [-0.2, 0) is 11.2 Å². The van der Waals surface area contributed by atoms with Gasteiger partial charge in [0.15, 0.2) is 5.69 Å². The molecule has 1 aromatic carbocycles. The van der Waals surface area contributed by atoms with Gasteiger partial charge >= 0.3 is 12.6 Å². The van der Waals surface area contributed by atoms with Crippen LogP contribution in [0.25, 0.3) is 11.1 Å². The molecule has 1 aromatic heterocycles. The fourth-order valence-corrected chi connectivity index (χ4v) is 2.95. The first-order valence-electron chi connectivity index (χ1n) is 8.00. The summed E-state index contributed by atoms with van der Waals surface area (Å²) in [6.07, 6.45) is 0.522. The van der Waals surface area contributed by atoms with E-state index in [2.05, 4.69) is 9.72 Å². The Balaban J connectivity index is 2.07. The first kappa shape index (κ1) is 19.1. The van der Waals surface area contributed by atoms with Crippen molar-refractivity contribution in [3.63, 3.8) is 0 Å². The third-order valence-corrected chi connectivity index (χ3v) is 4.29.